The van der Waals surface area contributed by atoms with E-state index in [4.69, 9.17) is 5.26 Å². The highest BCUT2D eigenvalue weighted by molar-refractivity contribution is 7.89. The molecule has 0 aliphatic heterocycles. The number of benzene rings is 1. The maximum Gasteiger partial charge on any atom is 0.241 e. The number of nitriles is 1. The zero-order valence-electron chi connectivity index (χ0n) is 11.4. The summed E-state index contributed by atoms with van der Waals surface area (Å²) < 4.78 is 27.4. The Morgan fingerprint density at radius 1 is 1.37 bits per heavy atom. The third-order valence-corrected chi connectivity index (χ3v) is 5.29. The second-order valence-electron chi connectivity index (χ2n) is 5.69. The fourth-order valence-electron chi connectivity index (χ4n) is 2.22. The van der Waals surface area contributed by atoms with Crippen molar-refractivity contribution in [1.82, 2.24) is 4.72 Å². The molecule has 1 fully saturated rings. The third-order valence-electron chi connectivity index (χ3n) is 3.62. The number of nitrogens with zero attached hydrogens (tertiary/aromatic N) is 1. The Bertz CT molecular complexity index is 638. The average Bonchev–Trinajstić information content (AvgIpc) is 3.11. The van der Waals surface area contributed by atoms with E-state index < -0.39 is 15.6 Å². The fourth-order valence-corrected chi connectivity index (χ4v) is 3.78. The molecule has 0 aromatic heterocycles. The highest BCUT2D eigenvalue weighted by atomic mass is 32.2. The second-order valence-corrected chi connectivity index (χ2v) is 7.37. The van der Waals surface area contributed by atoms with Crippen LogP contribution >= 0.6 is 0 Å². The van der Waals surface area contributed by atoms with E-state index in [-0.39, 0.29) is 4.90 Å². The number of hydrogen-bond acceptors (Lipinski definition) is 3. The topological polar surface area (TPSA) is 70.0 Å². The molecule has 0 heterocycles. The minimum Gasteiger partial charge on any atom is -0.207 e. The Morgan fingerprint density at radius 3 is 2.47 bits per heavy atom. The van der Waals surface area contributed by atoms with E-state index in [0.29, 0.717) is 17.0 Å². The Morgan fingerprint density at radius 2 is 2.00 bits per heavy atom. The minimum atomic E-state index is -3.53. The van der Waals surface area contributed by atoms with Crippen LogP contribution in [0.25, 0.3) is 0 Å². The van der Waals surface area contributed by atoms with Gasteiger partial charge in [-0.1, -0.05) is 0 Å². The maximum atomic E-state index is 12.3. The predicted molar refractivity (Wildman–Crippen MR) is 73.0 cm³/mol. The van der Waals surface area contributed by atoms with Crippen LogP contribution in [0.3, 0.4) is 0 Å². The molecule has 1 N–H and O–H groups in total. The Hall–Kier alpha value is -1.38. The molecule has 1 saturated carbocycles. The molecule has 0 bridgehead atoms. The molecule has 0 atom stereocenters. The molecule has 1 aromatic carbocycles. The summed E-state index contributed by atoms with van der Waals surface area (Å²) in [5, 5.41) is 8.86. The van der Waals surface area contributed by atoms with Gasteiger partial charge < -0.3 is 0 Å². The first-order valence-corrected chi connectivity index (χ1v) is 7.79. The van der Waals surface area contributed by atoms with Gasteiger partial charge in [-0.05, 0) is 63.3 Å². The molecule has 0 unspecified atom stereocenters. The SMILES string of the molecule is Cc1cc(S(=O)(=O)NC(C)(C)C2CC2)ccc1C#N. The lowest BCUT2D eigenvalue weighted by atomic mass is 10.0. The lowest BCUT2D eigenvalue weighted by Gasteiger charge is -2.25. The van der Waals surface area contributed by atoms with Crippen molar-refractivity contribution < 1.29 is 8.42 Å². The lowest BCUT2D eigenvalue weighted by molar-refractivity contribution is 0.400. The van der Waals surface area contributed by atoms with E-state index in [1.54, 1.807) is 19.1 Å². The van der Waals surface area contributed by atoms with Gasteiger partial charge in [-0.15, -0.1) is 0 Å². The second kappa shape index (κ2) is 4.62. The molecule has 4 nitrogen and oxygen atoms in total. The van der Waals surface area contributed by atoms with Crippen molar-refractivity contribution in [1.29, 1.82) is 5.26 Å². The zero-order chi connectivity index (χ0) is 14.3. The van der Waals surface area contributed by atoms with Crippen LogP contribution in [-0.4, -0.2) is 14.0 Å². The van der Waals surface area contributed by atoms with Crippen molar-refractivity contribution in [2.75, 3.05) is 0 Å². The molecule has 1 aromatic rings. The Kier molecular flexibility index (Phi) is 3.41. The summed E-state index contributed by atoms with van der Waals surface area (Å²) in [5.41, 5.74) is 0.760. The van der Waals surface area contributed by atoms with Gasteiger partial charge in [0.2, 0.25) is 10.0 Å². The van der Waals surface area contributed by atoms with Crippen molar-refractivity contribution in [3.63, 3.8) is 0 Å². The monoisotopic (exact) mass is 278 g/mol. The van der Waals surface area contributed by atoms with Crippen LogP contribution in [0.2, 0.25) is 0 Å². The van der Waals surface area contributed by atoms with Crippen molar-refractivity contribution in [3.8, 4) is 6.07 Å². The van der Waals surface area contributed by atoms with Gasteiger partial charge in [-0.25, -0.2) is 13.1 Å². The van der Waals surface area contributed by atoms with Crippen molar-refractivity contribution in [3.05, 3.63) is 29.3 Å². The van der Waals surface area contributed by atoms with Crippen LogP contribution in [0.1, 0.15) is 37.8 Å². The minimum absolute atomic E-state index is 0.220. The molecule has 0 radical (unpaired) electrons. The number of hydrogen-bond donors (Lipinski definition) is 1. The van der Waals surface area contributed by atoms with Gasteiger partial charge in [0.05, 0.1) is 16.5 Å². The van der Waals surface area contributed by atoms with E-state index in [9.17, 15) is 8.42 Å². The van der Waals surface area contributed by atoms with Gasteiger partial charge in [0, 0.05) is 5.54 Å². The maximum absolute atomic E-state index is 12.3. The molecule has 2 rings (SSSR count). The van der Waals surface area contributed by atoms with Crippen LogP contribution in [-0.2, 0) is 10.0 Å². The summed E-state index contributed by atoms with van der Waals surface area (Å²) in [5.74, 6) is 0.418. The van der Waals surface area contributed by atoms with E-state index in [0.717, 1.165) is 12.8 Å². The van der Waals surface area contributed by atoms with Crippen LogP contribution < -0.4 is 4.72 Å². The Balaban J connectivity index is 2.30. The standard InChI is InChI=1S/C14H18N2O2S/c1-10-8-13(7-4-11(10)9-15)19(17,18)16-14(2,3)12-5-6-12/h4,7-8,12,16H,5-6H2,1-3H3. The molecule has 19 heavy (non-hydrogen) atoms. The quantitative estimate of drug-likeness (QED) is 0.919. The molecular formula is C14H18N2O2S. The van der Waals surface area contributed by atoms with Crippen LogP contribution in [0.15, 0.2) is 23.1 Å². The summed E-state index contributed by atoms with van der Waals surface area (Å²) >= 11 is 0. The van der Waals surface area contributed by atoms with Crippen LogP contribution in [0.4, 0.5) is 0 Å². The summed E-state index contributed by atoms with van der Waals surface area (Å²) in [6.07, 6.45) is 2.14. The first-order valence-electron chi connectivity index (χ1n) is 6.31. The lowest BCUT2D eigenvalue weighted by Crippen LogP contribution is -2.45. The number of aryl methyl sites for hydroxylation is 1. The number of nitrogens with one attached hydrogen (secondary N) is 1. The highest BCUT2D eigenvalue weighted by Gasteiger charge is 2.40. The van der Waals surface area contributed by atoms with E-state index in [2.05, 4.69) is 4.72 Å². The van der Waals surface area contributed by atoms with Gasteiger partial charge in [-0.3, -0.25) is 0 Å². The van der Waals surface area contributed by atoms with Gasteiger partial charge in [0.1, 0.15) is 0 Å². The molecule has 1 aliphatic rings. The highest BCUT2D eigenvalue weighted by Crippen LogP contribution is 2.39. The summed E-state index contributed by atoms with van der Waals surface area (Å²) in [6.45, 7) is 5.57. The largest absolute Gasteiger partial charge is 0.241 e. The first kappa shape index (κ1) is 14.0. The molecule has 0 spiro atoms. The van der Waals surface area contributed by atoms with Crippen molar-refractivity contribution >= 4 is 10.0 Å². The molecular weight excluding hydrogens is 260 g/mol. The normalized spacial score (nSPS) is 16.1. The predicted octanol–water partition coefficient (Wildman–Crippen LogP) is 2.33. The van der Waals surface area contributed by atoms with Gasteiger partial charge >= 0.3 is 0 Å². The van der Waals surface area contributed by atoms with E-state index >= 15 is 0 Å². The van der Waals surface area contributed by atoms with Gasteiger partial charge in [0.15, 0.2) is 0 Å². The van der Waals surface area contributed by atoms with Gasteiger partial charge in [-0.2, -0.15) is 5.26 Å². The fraction of sp³-hybridized carbons (Fsp3) is 0.500. The van der Waals surface area contributed by atoms with E-state index in [1.165, 1.54) is 6.07 Å². The van der Waals surface area contributed by atoms with Crippen molar-refractivity contribution in [2.24, 2.45) is 5.92 Å². The average molecular weight is 278 g/mol. The number of sulfonamides is 1. The molecule has 0 amide bonds. The smallest absolute Gasteiger partial charge is 0.207 e. The molecule has 5 heteroatoms. The zero-order valence-corrected chi connectivity index (χ0v) is 12.2. The first-order chi connectivity index (χ1) is 8.76. The molecule has 1 aliphatic carbocycles. The van der Waals surface area contributed by atoms with Crippen molar-refractivity contribution in [2.45, 2.75) is 44.0 Å². The van der Waals surface area contributed by atoms with E-state index in [1.807, 2.05) is 19.9 Å². The summed E-state index contributed by atoms with van der Waals surface area (Å²) in [7, 11) is -3.53. The third kappa shape index (κ3) is 2.96. The summed E-state index contributed by atoms with van der Waals surface area (Å²) in [4.78, 5) is 0.220. The van der Waals surface area contributed by atoms with Gasteiger partial charge in [0.25, 0.3) is 0 Å². The Labute approximate surface area is 114 Å². The van der Waals surface area contributed by atoms with Crippen LogP contribution in [0, 0.1) is 24.2 Å². The molecule has 102 valence electrons. The van der Waals surface area contributed by atoms with Crippen LogP contribution in [0.5, 0.6) is 0 Å². The summed E-state index contributed by atoms with van der Waals surface area (Å²) in [6, 6.07) is 6.61. The number of rotatable bonds is 4. The molecule has 0 saturated heterocycles.